The first-order chi connectivity index (χ1) is 15.9. The van der Waals surface area contributed by atoms with Crippen molar-refractivity contribution in [2.45, 2.75) is 48.6 Å². The van der Waals surface area contributed by atoms with Gasteiger partial charge in [0.15, 0.2) is 0 Å². The third-order valence-electron chi connectivity index (χ3n) is 6.61. The largest absolute Gasteiger partial charge is 0.389 e. The number of alkyl halides is 5. The van der Waals surface area contributed by atoms with Crippen LogP contribution >= 0.6 is 0 Å². The molecule has 0 saturated carbocycles. The van der Waals surface area contributed by atoms with Crippen molar-refractivity contribution in [1.29, 1.82) is 0 Å². The molecule has 0 unspecified atom stereocenters. The van der Waals surface area contributed by atoms with Gasteiger partial charge < -0.3 is 4.90 Å². The van der Waals surface area contributed by atoms with Crippen LogP contribution in [0.3, 0.4) is 0 Å². The van der Waals surface area contributed by atoms with Gasteiger partial charge in [0.25, 0.3) is 16.4 Å². The van der Waals surface area contributed by atoms with Gasteiger partial charge in [-0.3, -0.25) is 9.10 Å². The summed E-state index contributed by atoms with van der Waals surface area (Å²) >= 11 is 0. The standard InChI is InChI=1S/C23H23F5N2O3S/c24-21(25)16-5-7-17(8-6-16)34(32,33)30-15-22(18-3-1-2-4-19(18)30)11-13-29(14-12-22)20(31)9-10-23(26,27)28/h1-8,21H,9-15H2. The molecule has 0 bridgehead atoms. The second-order valence-electron chi connectivity index (χ2n) is 8.67. The lowest BCUT2D eigenvalue weighted by Crippen LogP contribution is -2.47. The summed E-state index contributed by atoms with van der Waals surface area (Å²) in [6, 6.07) is 11.5. The number of rotatable bonds is 5. The van der Waals surface area contributed by atoms with Crippen LogP contribution in [-0.2, 0) is 20.2 Å². The molecule has 1 amide bonds. The molecule has 0 aromatic heterocycles. The highest BCUT2D eigenvalue weighted by molar-refractivity contribution is 7.92. The van der Waals surface area contributed by atoms with E-state index in [9.17, 15) is 35.2 Å². The summed E-state index contributed by atoms with van der Waals surface area (Å²) in [7, 11) is -4.04. The van der Waals surface area contributed by atoms with Crippen molar-refractivity contribution < 1.29 is 35.2 Å². The zero-order valence-electron chi connectivity index (χ0n) is 18.1. The predicted octanol–water partition coefficient (Wildman–Crippen LogP) is 5.04. The molecular formula is C23H23F5N2O3S. The van der Waals surface area contributed by atoms with Gasteiger partial charge >= 0.3 is 6.18 Å². The second-order valence-corrected chi connectivity index (χ2v) is 10.5. The lowest BCUT2D eigenvalue weighted by molar-refractivity contribution is -0.150. The summed E-state index contributed by atoms with van der Waals surface area (Å²) in [5.74, 6) is -0.568. The number of carbonyl (C=O) groups excluding carboxylic acids is 1. The molecule has 0 radical (unpaired) electrons. The molecule has 4 rings (SSSR count). The molecule has 2 aliphatic heterocycles. The number of amides is 1. The van der Waals surface area contributed by atoms with Crippen LogP contribution < -0.4 is 4.31 Å². The molecule has 0 aliphatic carbocycles. The first-order valence-electron chi connectivity index (χ1n) is 10.8. The van der Waals surface area contributed by atoms with E-state index in [0.29, 0.717) is 18.5 Å². The molecule has 11 heteroatoms. The van der Waals surface area contributed by atoms with Gasteiger partial charge in [-0.25, -0.2) is 17.2 Å². The molecule has 0 atom stereocenters. The molecule has 184 valence electrons. The maximum Gasteiger partial charge on any atom is 0.389 e. The summed E-state index contributed by atoms with van der Waals surface area (Å²) < 4.78 is 91.3. The summed E-state index contributed by atoms with van der Waals surface area (Å²) in [6.07, 6.45) is -8.10. The monoisotopic (exact) mass is 502 g/mol. The summed E-state index contributed by atoms with van der Waals surface area (Å²) in [5, 5.41) is 0. The highest BCUT2D eigenvalue weighted by atomic mass is 32.2. The predicted molar refractivity (Wildman–Crippen MR) is 115 cm³/mol. The molecule has 1 fully saturated rings. The fourth-order valence-corrected chi connectivity index (χ4v) is 6.30. The Morgan fingerprint density at radius 2 is 1.62 bits per heavy atom. The summed E-state index contributed by atoms with van der Waals surface area (Å²) in [6.45, 7) is 0.555. The quantitative estimate of drug-likeness (QED) is 0.539. The number of carbonyl (C=O) groups is 1. The molecule has 2 aliphatic rings. The van der Waals surface area contributed by atoms with E-state index in [1.807, 2.05) is 6.07 Å². The number of para-hydroxylation sites is 1. The van der Waals surface area contributed by atoms with Gasteiger partial charge in [0, 0.05) is 37.0 Å². The SMILES string of the molecule is O=C(CCC(F)(F)F)N1CCC2(CC1)CN(S(=O)(=O)c1ccc(C(F)F)cc1)c1ccccc12. The highest BCUT2D eigenvalue weighted by Crippen LogP contribution is 2.48. The molecule has 2 heterocycles. The molecule has 34 heavy (non-hydrogen) atoms. The van der Waals surface area contributed by atoms with Crippen LogP contribution in [0.15, 0.2) is 53.4 Å². The fourth-order valence-electron chi connectivity index (χ4n) is 4.73. The number of fused-ring (bicyclic) bond motifs is 2. The lowest BCUT2D eigenvalue weighted by atomic mass is 9.74. The number of sulfonamides is 1. The Bertz CT molecular complexity index is 1160. The Hall–Kier alpha value is -2.69. The van der Waals surface area contributed by atoms with Crippen molar-refractivity contribution in [1.82, 2.24) is 4.90 Å². The normalized spacial score (nSPS) is 17.9. The minimum atomic E-state index is -4.40. The van der Waals surface area contributed by atoms with Gasteiger partial charge in [0.1, 0.15) is 0 Å². The van der Waals surface area contributed by atoms with E-state index in [2.05, 4.69) is 0 Å². The van der Waals surface area contributed by atoms with Crippen molar-refractivity contribution in [3.05, 3.63) is 59.7 Å². The average molecular weight is 503 g/mol. The van der Waals surface area contributed by atoms with Crippen molar-refractivity contribution in [3.8, 4) is 0 Å². The van der Waals surface area contributed by atoms with Gasteiger partial charge in [0.2, 0.25) is 5.91 Å². The minimum absolute atomic E-state index is 0.107. The van der Waals surface area contributed by atoms with Crippen molar-refractivity contribution in [3.63, 3.8) is 0 Å². The van der Waals surface area contributed by atoms with Gasteiger partial charge in [-0.05, 0) is 36.6 Å². The molecular weight excluding hydrogens is 479 g/mol. The average Bonchev–Trinajstić information content (AvgIpc) is 3.12. The van der Waals surface area contributed by atoms with Crippen LogP contribution in [0.4, 0.5) is 27.6 Å². The molecule has 1 spiro atoms. The van der Waals surface area contributed by atoms with Crippen LogP contribution in [0.25, 0.3) is 0 Å². The molecule has 2 aromatic rings. The number of hydrogen-bond acceptors (Lipinski definition) is 3. The molecule has 0 N–H and O–H groups in total. The number of anilines is 1. The number of halogens is 5. The summed E-state index contributed by atoms with van der Waals surface area (Å²) in [5.41, 5.74) is 0.412. The third kappa shape index (κ3) is 4.62. The van der Waals surface area contributed by atoms with Crippen LogP contribution in [0, 0.1) is 0 Å². The topological polar surface area (TPSA) is 57.7 Å². The van der Waals surface area contributed by atoms with Gasteiger partial charge in [-0.2, -0.15) is 13.2 Å². The Morgan fingerprint density at radius 1 is 1.00 bits per heavy atom. The van der Waals surface area contributed by atoms with E-state index in [-0.39, 0.29) is 30.1 Å². The zero-order chi connectivity index (χ0) is 24.7. The summed E-state index contributed by atoms with van der Waals surface area (Å²) in [4.78, 5) is 13.5. The van der Waals surface area contributed by atoms with Gasteiger partial charge in [0.05, 0.1) is 17.0 Å². The Balaban J connectivity index is 1.55. The maximum atomic E-state index is 13.4. The van der Waals surface area contributed by atoms with Crippen molar-refractivity contribution in [2.75, 3.05) is 23.9 Å². The van der Waals surface area contributed by atoms with E-state index >= 15 is 0 Å². The van der Waals surface area contributed by atoms with Crippen LogP contribution in [0.5, 0.6) is 0 Å². The highest BCUT2D eigenvalue weighted by Gasteiger charge is 2.48. The van der Waals surface area contributed by atoms with E-state index in [1.165, 1.54) is 9.21 Å². The van der Waals surface area contributed by atoms with E-state index < -0.39 is 46.8 Å². The van der Waals surface area contributed by atoms with Gasteiger partial charge in [-0.1, -0.05) is 30.3 Å². The zero-order valence-corrected chi connectivity index (χ0v) is 18.9. The lowest BCUT2D eigenvalue weighted by Gasteiger charge is -2.40. The van der Waals surface area contributed by atoms with Crippen LogP contribution in [0.1, 0.15) is 43.2 Å². The number of hydrogen-bond donors (Lipinski definition) is 0. The van der Waals surface area contributed by atoms with Crippen LogP contribution in [0.2, 0.25) is 0 Å². The molecule has 1 saturated heterocycles. The number of likely N-dealkylation sites (tertiary alicyclic amines) is 1. The fraction of sp³-hybridized carbons (Fsp3) is 0.435. The van der Waals surface area contributed by atoms with E-state index in [4.69, 9.17) is 0 Å². The first-order valence-corrected chi connectivity index (χ1v) is 12.2. The number of nitrogens with zero attached hydrogens (tertiary/aromatic N) is 2. The maximum absolute atomic E-state index is 13.4. The smallest absolute Gasteiger partial charge is 0.343 e. The minimum Gasteiger partial charge on any atom is -0.343 e. The number of piperidine rings is 1. The molecule has 2 aromatic carbocycles. The Labute approximate surface area is 194 Å². The Kier molecular flexibility index (Phi) is 6.34. The van der Waals surface area contributed by atoms with Crippen molar-refractivity contribution >= 4 is 21.6 Å². The first kappa shape index (κ1) is 24.4. The third-order valence-corrected chi connectivity index (χ3v) is 8.38. The van der Waals surface area contributed by atoms with E-state index in [0.717, 1.165) is 29.8 Å². The number of benzene rings is 2. The second kappa shape index (κ2) is 8.83. The van der Waals surface area contributed by atoms with Gasteiger partial charge in [-0.15, -0.1) is 0 Å². The van der Waals surface area contributed by atoms with E-state index in [1.54, 1.807) is 18.2 Å². The molecule has 5 nitrogen and oxygen atoms in total. The van der Waals surface area contributed by atoms with Crippen LogP contribution in [-0.4, -0.2) is 45.0 Å². The van der Waals surface area contributed by atoms with Crippen molar-refractivity contribution in [2.24, 2.45) is 0 Å². The Morgan fingerprint density at radius 3 is 2.21 bits per heavy atom.